The van der Waals surface area contributed by atoms with Crippen molar-refractivity contribution in [3.05, 3.63) is 21.9 Å². The number of hydrogen-bond acceptors (Lipinski definition) is 4. The van der Waals surface area contributed by atoms with E-state index in [0.29, 0.717) is 4.88 Å². The van der Waals surface area contributed by atoms with E-state index in [-0.39, 0.29) is 5.78 Å². The highest BCUT2D eigenvalue weighted by molar-refractivity contribution is 7.14. The van der Waals surface area contributed by atoms with Crippen LogP contribution < -0.4 is 5.32 Å². The van der Waals surface area contributed by atoms with Crippen molar-refractivity contribution >= 4 is 23.2 Å². The molecule has 1 heterocycles. The number of nitrogens with one attached hydrogen (secondary N) is 1. The molecule has 100 valence electrons. The third kappa shape index (κ3) is 4.49. The van der Waals surface area contributed by atoms with Gasteiger partial charge in [0.25, 0.3) is 0 Å². The molecule has 0 saturated carbocycles. The van der Waals surface area contributed by atoms with Gasteiger partial charge in [-0.05, 0) is 46.8 Å². The topological polar surface area (TPSA) is 55.4 Å². The maximum absolute atomic E-state index is 12.0. The molecule has 0 radical (unpaired) electrons. The molecule has 0 aliphatic heterocycles. The van der Waals surface area contributed by atoms with Crippen molar-refractivity contribution in [3.8, 4) is 0 Å². The van der Waals surface area contributed by atoms with Crippen molar-refractivity contribution in [2.75, 3.05) is 0 Å². The second-order valence-electron chi connectivity index (χ2n) is 5.14. The van der Waals surface area contributed by atoms with Gasteiger partial charge in [0.1, 0.15) is 5.60 Å². The molecule has 0 aliphatic carbocycles. The molecular weight excluding hydrogens is 250 g/mol. The highest BCUT2D eigenvalue weighted by Crippen LogP contribution is 2.17. The lowest BCUT2D eigenvalue weighted by molar-refractivity contribution is 0.0497. The minimum atomic E-state index is -0.585. The van der Waals surface area contributed by atoms with E-state index >= 15 is 0 Å². The number of rotatable bonds is 3. The molecule has 0 aromatic carbocycles. The van der Waals surface area contributed by atoms with E-state index < -0.39 is 17.7 Å². The highest BCUT2D eigenvalue weighted by Gasteiger charge is 2.22. The lowest BCUT2D eigenvalue weighted by Gasteiger charge is -2.21. The van der Waals surface area contributed by atoms with Crippen LogP contribution in [0.5, 0.6) is 0 Å². The predicted molar refractivity (Wildman–Crippen MR) is 72.2 cm³/mol. The van der Waals surface area contributed by atoms with Crippen LogP contribution in [0, 0.1) is 6.92 Å². The molecule has 1 atom stereocenters. The third-order valence-electron chi connectivity index (χ3n) is 2.11. The number of amides is 1. The number of Topliss-reactive ketones (excluding diaryl/α,β-unsaturated/α-hetero) is 1. The molecular formula is C13H19NO3S. The average molecular weight is 269 g/mol. The Hall–Kier alpha value is -1.36. The number of ketones is 1. The fourth-order valence-corrected chi connectivity index (χ4v) is 2.23. The molecule has 1 amide bonds. The van der Waals surface area contributed by atoms with Gasteiger partial charge in [-0.1, -0.05) is 0 Å². The summed E-state index contributed by atoms with van der Waals surface area (Å²) < 4.78 is 5.10. The Bertz CT molecular complexity index is 445. The van der Waals surface area contributed by atoms with Gasteiger partial charge in [-0.2, -0.15) is 0 Å². The Morgan fingerprint density at radius 3 is 2.39 bits per heavy atom. The Kier molecular flexibility index (Phi) is 4.51. The number of carbonyl (C=O) groups excluding carboxylic acids is 2. The van der Waals surface area contributed by atoms with Crippen LogP contribution in [0.25, 0.3) is 0 Å². The minimum absolute atomic E-state index is 0.0982. The predicted octanol–water partition coefficient (Wildman–Crippen LogP) is 3.15. The Balaban J connectivity index is 2.58. The van der Waals surface area contributed by atoms with Gasteiger partial charge in [-0.3, -0.25) is 4.79 Å². The van der Waals surface area contributed by atoms with E-state index in [0.717, 1.165) is 4.88 Å². The van der Waals surface area contributed by atoms with Crippen LogP contribution >= 0.6 is 11.3 Å². The smallest absolute Gasteiger partial charge is 0.408 e. The van der Waals surface area contributed by atoms with Crippen LogP contribution in [0.3, 0.4) is 0 Å². The Morgan fingerprint density at radius 2 is 1.94 bits per heavy atom. The zero-order chi connectivity index (χ0) is 13.9. The summed E-state index contributed by atoms with van der Waals surface area (Å²) in [6.45, 7) is 8.93. The van der Waals surface area contributed by atoms with Crippen LogP contribution in [0.4, 0.5) is 4.79 Å². The number of carbonyl (C=O) groups is 2. The normalized spacial score (nSPS) is 12.9. The molecule has 0 spiro atoms. The van der Waals surface area contributed by atoms with Gasteiger partial charge in [-0.15, -0.1) is 11.3 Å². The first-order valence-corrected chi connectivity index (χ1v) is 6.61. The summed E-state index contributed by atoms with van der Waals surface area (Å²) >= 11 is 1.42. The van der Waals surface area contributed by atoms with Crippen molar-refractivity contribution in [3.63, 3.8) is 0 Å². The molecule has 5 heteroatoms. The number of alkyl carbamates (subject to hydrolysis) is 1. The van der Waals surface area contributed by atoms with Crippen molar-refractivity contribution in [1.82, 2.24) is 5.32 Å². The molecule has 0 saturated heterocycles. The van der Waals surface area contributed by atoms with Gasteiger partial charge < -0.3 is 10.1 Å². The van der Waals surface area contributed by atoms with Crippen LogP contribution in [0.15, 0.2) is 12.1 Å². The zero-order valence-corrected chi connectivity index (χ0v) is 12.2. The summed E-state index contributed by atoms with van der Waals surface area (Å²) in [6.07, 6.45) is -0.573. The van der Waals surface area contributed by atoms with E-state index in [1.807, 2.05) is 13.0 Å². The van der Waals surface area contributed by atoms with Crippen LogP contribution in [0.1, 0.15) is 42.2 Å². The van der Waals surface area contributed by atoms with E-state index in [9.17, 15) is 9.59 Å². The van der Waals surface area contributed by atoms with Gasteiger partial charge in [0, 0.05) is 4.88 Å². The molecule has 18 heavy (non-hydrogen) atoms. The van der Waals surface area contributed by atoms with E-state index in [2.05, 4.69) is 5.32 Å². The van der Waals surface area contributed by atoms with Crippen LogP contribution in [-0.4, -0.2) is 23.5 Å². The molecule has 0 fully saturated rings. The quantitative estimate of drug-likeness (QED) is 0.858. The Labute approximate surface area is 111 Å². The molecule has 0 bridgehead atoms. The Morgan fingerprint density at radius 1 is 1.33 bits per heavy atom. The van der Waals surface area contributed by atoms with Gasteiger partial charge in [0.15, 0.2) is 5.78 Å². The van der Waals surface area contributed by atoms with E-state index in [1.54, 1.807) is 33.8 Å². The fraction of sp³-hybridized carbons (Fsp3) is 0.538. The molecule has 4 nitrogen and oxygen atoms in total. The summed E-state index contributed by atoms with van der Waals surface area (Å²) in [5.41, 5.74) is -0.563. The zero-order valence-electron chi connectivity index (χ0n) is 11.4. The first-order chi connectivity index (χ1) is 8.19. The van der Waals surface area contributed by atoms with Crippen molar-refractivity contribution in [2.24, 2.45) is 0 Å². The lowest BCUT2D eigenvalue weighted by Crippen LogP contribution is -2.41. The average Bonchev–Trinajstić information content (AvgIpc) is 2.60. The van der Waals surface area contributed by atoms with Crippen LogP contribution in [0.2, 0.25) is 0 Å². The van der Waals surface area contributed by atoms with Gasteiger partial charge >= 0.3 is 6.09 Å². The first-order valence-electron chi connectivity index (χ1n) is 5.79. The largest absolute Gasteiger partial charge is 0.444 e. The van der Waals surface area contributed by atoms with Crippen molar-refractivity contribution in [1.29, 1.82) is 0 Å². The second kappa shape index (κ2) is 5.52. The SMILES string of the molecule is Cc1ccc(C(=O)[C@@H](C)NC(=O)OC(C)(C)C)s1. The maximum Gasteiger partial charge on any atom is 0.408 e. The third-order valence-corrected chi connectivity index (χ3v) is 3.12. The lowest BCUT2D eigenvalue weighted by atomic mass is 10.2. The summed E-state index contributed by atoms with van der Waals surface area (Å²) in [4.78, 5) is 25.2. The summed E-state index contributed by atoms with van der Waals surface area (Å²) in [7, 11) is 0. The van der Waals surface area contributed by atoms with Gasteiger partial charge in [0.05, 0.1) is 10.9 Å². The number of ether oxygens (including phenoxy) is 1. The standard InChI is InChI=1S/C13H19NO3S/c1-8-6-7-10(18-8)11(15)9(2)14-12(16)17-13(3,4)5/h6-7,9H,1-5H3,(H,14,16)/t9-/m1/s1. The summed E-state index contributed by atoms with van der Waals surface area (Å²) in [5.74, 6) is -0.0982. The van der Waals surface area contributed by atoms with E-state index in [1.165, 1.54) is 11.3 Å². The summed E-state index contributed by atoms with van der Waals surface area (Å²) in [5, 5.41) is 2.54. The number of hydrogen-bond donors (Lipinski definition) is 1. The highest BCUT2D eigenvalue weighted by atomic mass is 32.1. The number of aryl methyl sites for hydroxylation is 1. The molecule has 1 aromatic heterocycles. The molecule has 0 aliphatic rings. The van der Waals surface area contributed by atoms with Crippen molar-refractivity contribution < 1.29 is 14.3 Å². The molecule has 1 N–H and O–H groups in total. The second-order valence-corrected chi connectivity index (χ2v) is 6.43. The maximum atomic E-state index is 12.0. The monoisotopic (exact) mass is 269 g/mol. The van der Waals surface area contributed by atoms with Crippen LogP contribution in [-0.2, 0) is 4.74 Å². The molecule has 1 aromatic rings. The summed E-state index contributed by atoms with van der Waals surface area (Å²) in [6, 6.07) is 3.08. The van der Waals surface area contributed by atoms with E-state index in [4.69, 9.17) is 4.74 Å². The minimum Gasteiger partial charge on any atom is -0.444 e. The van der Waals surface area contributed by atoms with Gasteiger partial charge in [-0.25, -0.2) is 4.79 Å². The molecule has 1 rings (SSSR count). The first kappa shape index (κ1) is 14.7. The fourth-order valence-electron chi connectivity index (χ4n) is 1.33. The molecule has 0 unspecified atom stereocenters. The van der Waals surface area contributed by atoms with Gasteiger partial charge in [0.2, 0.25) is 0 Å². The van der Waals surface area contributed by atoms with Crippen molar-refractivity contribution in [2.45, 2.75) is 46.3 Å². The number of thiophene rings is 1.